The van der Waals surface area contributed by atoms with Gasteiger partial charge in [0.25, 0.3) is 0 Å². The predicted molar refractivity (Wildman–Crippen MR) is 76.2 cm³/mol. The Morgan fingerprint density at radius 3 is 2.67 bits per heavy atom. The molecule has 1 aromatic rings. The number of amides is 1. The van der Waals surface area contributed by atoms with Gasteiger partial charge >= 0.3 is 0 Å². The van der Waals surface area contributed by atoms with Crippen LogP contribution in [0.4, 0.5) is 0 Å². The summed E-state index contributed by atoms with van der Waals surface area (Å²) in [4.78, 5) is 20.9. The molecule has 21 heavy (non-hydrogen) atoms. The Kier molecular flexibility index (Phi) is 4.21. The smallest absolute Gasteiger partial charge is 0.240 e. The summed E-state index contributed by atoms with van der Waals surface area (Å²) in [5.41, 5.74) is 5.90. The molecule has 0 spiro atoms. The second-order valence-corrected chi connectivity index (χ2v) is 6.11. The molecule has 1 aromatic heterocycles. The highest BCUT2D eigenvalue weighted by molar-refractivity contribution is 5.79. The molecule has 0 aromatic carbocycles. The summed E-state index contributed by atoms with van der Waals surface area (Å²) in [7, 11) is 0. The van der Waals surface area contributed by atoms with E-state index in [-0.39, 0.29) is 17.9 Å². The number of nitrogens with zero attached hydrogens (tertiary/aromatic N) is 4. The summed E-state index contributed by atoms with van der Waals surface area (Å²) < 4.78 is 5.14. The number of carbonyl (C=O) groups is 1. The molecule has 116 valence electrons. The van der Waals surface area contributed by atoms with Gasteiger partial charge in [0.15, 0.2) is 5.82 Å². The van der Waals surface area contributed by atoms with E-state index in [1.807, 2.05) is 11.8 Å². The lowest BCUT2D eigenvalue weighted by molar-refractivity contribution is -0.137. The first-order chi connectivity index (χ1) is 10.1. The fraction of sp³-hybridized carbons (Fsp3) is 0.786. The highest BCUT2D eigenvalue weighted by atomic mass is 16.5. The Morgan fingerprint density at radius 1 is 1.33 bits per heavy atom. The first-order valence-corrected chi connectivity index (χ1v) is 7.67. The molecule has 2 N–H and O–H groups in total. The minimum absolute atomic E-state index is 0.144. The van der Waals surface area contributed by atoms with E-state index in [9.17, 15) is 4.79 Å². The molecule has 0 radical (unpaired) electrons. The van der Waals surface area contributed by atoms with Crippen molar-refractivity contribution in [3.8, 4) is 0 Å². The Bertz CT molecular complexity index is 495. The maximum absolute atomic E-state index is 12.4. The van der Waals surface area contributed by atoms with Crippen LogP contribution in [-0.4, -0.2) is 58.1 Å². The quantitative estimate of drug-likeness (QED) is 0.853. The van der Waals surface area contributed by atoms with Gasteiger partial charge in [0, 0.05) is 38.1 Å². The van der Waals surface area contributed by atoms with E-state index in [1.54, 1.807) is 0 Å². The first kappa shape index (κ1) is 14.5. The zero-order valence-corrected chi connectivity index (χ0v) is 12.5. The predicted octanol–water partition coefficient (Wildman–Crippen LogP) is 0.150. The van der Waals surface area contributed by atoms with Crippen LogP contribution in [0.25, 0.3) is 0 Å². The van der Waals surface area contributed by atoms with E-state index in [2.05, 4.69) is 15.0 Å². The molecule has 7 nitrogen and oxygen atoms in total. The van der Waals surface area contributed by atoms with Gasteiger partial charge in [0.1, 0.15) is 0 Å². The number of hydrogen-bond donors (Lipinski definition) is 1. The zero-order valence-electron chi connectivity index (χ0n) is 12.5. The zero-order chi connectivity index (χ0) is 14.8. The lowest BCUT2D eigenvalue weighted by Gasteiger charge is -2.35. The van der Waals surface area contributed by atoms with Crippen LogP contribution in [-0.2, 0) is 11.3 Å². The van der Waals surface area contributed by atoms with Crippen molar-refractivity contribution in [1.29, 1.82) is 0 Å². The number of hydrogen-bond acceptors (Lipinski definition) is 6. The monoisotopic (exact) mass is 293 g/mol. The van der Waals surface area contributed by atoms with Gasteiger partial charge in [-0.2, -0.15) is 4.98 Å². The molecule has 1 saturated carbocycles. The van der Waals surface area contributed by atoms with Crippen molar-refractivity contribution < 1.29 is 9.32 Å². The lowest BCUT2D eigenvalue weighted by atomic mass is 10.1. The molecule has 3 rings (SSSR count). The van der Waals surface area contributed by atoms with Crippen LogP contribution in [0.5, 0.6) is 0 Å². The van der Waals surface area contributed by atoms with Crippen molar-refractivity contribution in [2.75, 3.05) is 26.2 Å². The van der Waals surface area contributed by atoms with Gasteiger partial charge in [0.2, 0.25) is 11.8 Å². The summed E-state index contributed by atoms with van der Waals surface area (Å²) in [5, 5.41) is 3.80. The van der Waals surface area contributed by atoms with Crippen LogP contribution in [0.3, 0.4) is 0 Å². The van der Waals surface area contributed by atoms with Gasteiger partial charge in [0.05, 0.1) is 6.54 Å². The number of aryl methyl sites for hydroxylation is 1. The second kappa shape index (κ2) is 6.11. The molecule has 0 unspecified atom stereocenters. The van der Waals surface area contributed by atoms with Gasteiger partial charge in [-0.15, -0.1) is 0 Å². The number of piperazine rings is 1. The Hall–Kier alpha value is -1.47. The number of rotatable bonds is 3. The van der Waals surface area contributed by atoms with Gasteiger partial charge < -0.3 is 15.2 Å². The van der Waals surface area contributed by atoms with E-state index in [0.29, 0.717) is 18.3 Å². The van der Waals surface area contributed by atoms with E-state index < -0.39 is 0 Å². The van der Waals surface area contributed by atoms with Crippen molar-refractivity contribution in [2.24, 2.45) is 11.7 Å². The molecule has 1 saturated heterocycles. The fourth-order valence-corrected chi connectivity index (χ4v) is 3.22. The molecule has 1 aliphatic heterocycles. The largest absolute Gasteiger partial charge is 0.340 e. The average Bonchev–Trinajstić information content (AvgIpc) is 3.08. The van der Waals surface area contributed by atoms with Crippen molar-refractivity contribution in [1.82, 2.24) is 19.9 Å². The fourth-order valence-electron chi connectivity index (χ4n) is 3.22. The van der Waals surface area contributed by atoms with E-state index >= 15 is 0 Å². The van der Waals surface area contributed by atoms with Crippen LogP contribution in [0.15, 0.2) is 4.52 Å². The third-order valence-electron chi connectivity index (χ3n) is 4.43. The van der Waals surface area contributed by atoms with Gasteiger partial charge in [-0.05, 0) is 26.2 Å². The lowest BCUT2D eigenvalue weighted by Crippen LogP contribution is -2.49. The molecular formula is C14H23N5O2. The van der Waals surface area contributed by atoms with Crippen LogP contribution >= 0.6 is 0 Å². The van der Waals surface area contributed by atoms with E-state index in [1.165, 1.54) is 0 Å². The maximum Gasteiger partial charge on any atom is 0.240 e. The minimum atomic E-state index is 0.144. The molecule has 2 aliphatic rings. The second-order valence-electron chi connectivity index (χ2n) is 6.11. The summed E-state index contributed by atoms with van der Waals surface area (Å²) in [6.45, 7) is 5.74. The third-order valence-corrected chi connectivity index (χ3v) is 4.43. The SMILES string of the molecule is Cc1noc(CN2CCN(C(=O)[C@@H]3CC[C@@H](N)C3)CC2)n1. The molecule has 2 fully saturated rings. The van der Waals surface area contributed by atoms with Crippen LogP contribution in [0.1, 0.15) is 31.0 Å². The molecule has 1 aliphatic carbocycles. The standard InChI is InChI=1S/C14H23N5O2/c1-10-16-13(21-17-10)9-18-4-6-19(7-5-18)14(20)11-2-3-12(15)8-11/h11-12H,2-9,15H2,1H3/t11-,12-/m1/s1. The molecule has 2 atom stereocenters. The molecule has 1 amide bonds. The van der Waals surface area contributed by atoms with Crippen molar-refractivity contribution in [3.63, 3.8) is 0 Å². The topological polar surface area (TPSA) is 88.5 Å². The summed E-state index contributed by atoms with van der Waals surface area (Å²) >= 11 is 0. The van der Waals surface area contributed by atoms with Crippen LogP contribution in [0.2, 0.25) is 0 Å². The number of nitrogens with two attached hydrogens (primary N) is 1. The van der Waals surface area contributed by atoms with Gasteiger partial charge in [-0.1, -0.05) is 5.16 Å². The Morgan fingerprint density at radius 2 is 2.10 bits per heavy atom. The van der Waals surface area contributed by atoms with Crippen LogP contribution in [0, 0.1) is 12.8 Å². The van der Waals surface area contributed by atoms with Crippen molar-refractivity contribution in [3.05, 3.63) is 11.7 Å². The highest BCUT2D eigenvalue weighted by Gasteiger charge is 2.32. The molecule has 7 heteroatoms. The van der Waals surface area contributed by atoms with Gasteiger partial charge in [-0.25, -0.2) is 0 Å². The summed E-state index contributed by atoms with van der Waals surface area (Å²) in [6.07, 6.45) is 2.77. The Balaban J connectivity index is 1.47. The number of carbonyl (C=O) groups excluding carboxylic acids is 1. The molecular weight excluding hydrogens is 270 g/mol. The average molecular weight is 293 g/mol. The molecule has 2 heterocycles. The minimum Gasteiger partial charge on any atom is -0.340 e. The normalized spacial score (nSPS) is 27.2. The number of aromatic nitrogens is 2. The maximum atomic E-state index is 12.4. The van der Waals surface area contributed by atoms with Gasteiger partial charge in [-0.3, -0.25) is 9.69 Å². The Labute approximate surface area is 124 Å². The van der Waals surface area contributed by atoms with Crippen LogP contribution < -0.4 is 5.73 Å². The first-order valence-electron chi connectivity index (χ1n) is 7.67. The molecule has 0 bridgehead atoms. The summed E-state index contributed by atoms with van der Waals surface area (Å²) in [6, 6.07) is 0.209. The van der Waals surface area contributed by atoms with Crippen molar-refractivity contribution >= 4 is 5.91 Å². The van der Waals surface area contributed by atoms with E-state index in [0.717, 1.165) is 45.4 Å². The summed E-state index contributed by atoms with van der Waals surface area (Å²) in [5.74, 6) is 1.74. The van der Waals surface area contributed by atoms with E-state index in [4.69, 9.17) is 10.3 Å². The highest BCUT2D eigenvalue weighted by Crippen LogP contribution is 2.26. The van der Waals surface area contributed by atoms with Crippen molar-refractivity contribution in [2.45, 2.75) is 38.8 Å². The third kappa shape index (κ3) is 3.41.